The first-order valence-corrected chi connectivity index (χ1v) is 11.4. The SMILES string of the molecule is COC(=O)C1CCCC(Nc2nc3c(c(=O)n(Cc4ccc(Cl)c(Cl)c4)c(=O)n3C)n2C)C1. The van der Waals surface area contributed by atoms with Crippen LogP contribution >= 0.6 is 23.2 Å². The molecule has 3 aromatic rings. The molecule has 0 bridgehead atoms. The largest absolute Gasteiger partial charge is 0.469 e. The summed E-state index contributed by atoms with van der Waals surface area (Å²) in [6, 6.07) is 5.00. The van der Waals surface area contributed by atoms with E-state index in [1.54, 1.807) is 36.9 Å². The zero-order valence-corrected chi connectivity index (χ0v) is 20.1. The molecule has 2 atom stereocenters. The van der Waals surface area contributed by atoms with Gasteiger partial charge in [-0.05, 0) is 37.0 Å². The van der Waals surface area contributed by atoms with Crippen LogP contribution in [0.15, 0.2) is 27.8 Å². The van der Waals surface area contributed by atoms with Crippen LogP contribution in [-0.2, 0) is 30.2 Å². The highest BCUT2D eigenvalue weighted by molar-refractivity contribution is 6.42. The first kappa shape index (κ1) is 23.4. The van der Waals surface area contributed by atoms with Crippen molar-refractivity contribution in [2.45, 2.75) is 38.3 Å². The number of nitrogens with one attached hydrogen (secondary N) is 1. The molecule has 0 spiro atoms. The van der Waals surface area contributed by atoms with E-state index in [2.05, 4.69) is 10.3 Å². The van der Waals surface area contributed by atoms with Gasteiger partial charge in [-0.3, -0.25) is 18.7 Å². The Morgan fingerprint density at radius 2 is 1.94 bits per heavy atom. The fourth-order valence-corrected chi connectivity index (χ4v) is 4.74. The third-order valence-electron chi connectivity index (χ3n) is 6.23. The fraction of sp³-hybridized carbons (Fsp3) is 0.455. The first-order chi connectivity index (χ1) is 15.7. The van der Waals surface area contributed by atoms with Gasteiger partial charge in [0.1, 0.15) is 0 Å². The molecular formula is C22H25Cl2N5O4. The van der Waals surface area contributed by atoms with Crippen LogP contribution in [0, 0.1) is 5.92 Å². The number of rotatable bonds is 5. The Bertz CT molecular complexity index is 1340. The van der Waals surface area contributed by atoms with Crippen molar-refractivity contribution in [1.29, 1.82) is 0 Å². The molecular weight excluding hydrogens is 469 g/mol. The zero-order valence-electron chi connectivity index (χ0n) is 18.6. The number of benzene rings is 1. The normalized spacial score (nSPS) is 18.5. The van der Waals surface area contributed by atoms with E-state index in [1.807, 2.05) is 0 Å². The van der Waals surface area contributed by atoms with Gasteiger partial charge in [-0.15, -0.1) is 0 Å². The van der Waals surface area contributed by atoms with E-state index in [0.29, 0.717) is 39.1 Å². The maximum Gasteiger partial charge on any atom is 0.332 e. The van der Waals surface area contributed by atoms with E-state index in [0.717, 1.165) is 23.8 Å². The minimum absolute atomic E-state index is 0.00817. The summed E-state index contributed by atoms with van der Waals surface area (Å²) in [5.41, 5.74) is 0.352. The van der Waals surface area contributed by atoms with Crippen LogP contribution in [0.25, 0.3) is 11.2 Å². The van der Waals surface area contributed by atoms with Crippen LogP contribution < -0.4 is 16.6 Å². The Balaban J connectivity index is 1.70. The number of ether oxygens (including phenoxy) is 1. The lowest BCUT2D eigenvalue weighted by molar-refractivity contribution is -0.146. The summed E-state index contributed by atoms with van der Waals surface area (Å²) in [6.45, 7) is 0.0513. The molecule has 2 aromatic heterocycles. The number of nitrogens with zero attached hydrogens (tertiary/aromatic N) is 4. The smallest absolute Gasteiger partial charge is 0.332 e. The molecule has 11 heteroatoms. The van der Waals surface area contributed by atoms with E-state index in [1.165, 1.54) is 11.7 Å². The minimum Gasteiger partial charge on any atom is -0.469 e. The van der Waals surface area contributed by atoms with Crippen molar-refractivity contribution in [1.82, 2.24) is 18.7 Å². The van der Waals surface area contributed by atoms with Gasteiger partial charge in [0.2, 0.25) is 5.95 Å². The number of aryl methyl sites for hydroxylation is 2. The Morgan fingerprint density at radius 3 is 2.64 bits per heavy atom. The maximum atomic E-state index is 13.3. The summed E-state index contributed by atoms with van der Waals surface area (Å²) in [6.07, 6.45) is 3.17. The zero-order chi connectivity index (χ0) is 23.9. The fourth-order valence-electron chi connectivity index (χ4n) is 4.42. The monoisotopic (exact) mass is 493 g/mol. The molecule has 1 aromatic carbocycles. The predicted octanol–water partition coefficient (Wildman–Crippen LogP) is 2.93. The number of esters is 1. The van der Waals surface area contributed by atoms with Crippen LogP contribution in [0.4, 0.5) is 5.95 Å². The average Bonchev–Trinajstić information content (AvgIpc) is 3.13. The molecule has 2 unspecified atom stereocenters. The molecule has 0 amide bonds. The number of halogens is 2. The number of aromatic nitrogens is 4. The summed E-state index contributed by atoms with van der Waals surface area (Å²) in [7, 11) is 4.71. The van der Waals surface area contributed by atoms with Gasteiger partial charge in [0.25, 0.3) is 5.56 Å². The highest BCUT2D eigenvalue weighted by Crippen LogP contribution is 2.28. The lowest BCUT2D eigenvalue weighted by Crippen LogP contribution is -2.39. The quantitative estimate of drug-likeness (QED) is 0.548. The summed E-state index contributed by atoms with van der Waals surface area (Å²) in [5.74, 6) is 0.0997. The molecule has 0 radical (unpaired) electrons. The Hall–Kier alpha value is -2.78. The minimum atomic E-state index is -0.480. The molecule has 0 aliphatic heterocycles. The molecule has 9 nitrogen and oxygen atoms in total. The van der Waals surface area contributed by atoms with E-state index in [9.17, 15) is 14.4 Å². The van der Waals surface area contributed by atoms with Gasteiger partial charge in [0, 0.05) is 20.1 Å². The predicted molar refractivity (Wildman–Crippen MR) is 127 cm³/mol. The molecule has 33 heavy (non-hydrogen) atoms. The summed E-state index contributed by atoms with van der Waals surface area (Å²) in [5, 5.41) is 4.10. The van der Waals surface area contributed by atoms with Gasteiger partial charge < -0.3 is 14.6 Å². The Morgan fingerprint density at radius 1 is 1.18 bits per heavy atom. The number of carbonyl (C=O) groups is 1. The molecule has 1 N–H and O–H groups in total. The highest BCUT2D eigenvalue weighted by atomic mass is 35.5. The van der Waals surface area contributed by atoms with Crippen molar-refractivity contribution >= 4 is 46.3 Å². The summed E-state index contributed by atoms with van der Waals surface area (Å²) < 4.78 is 9.06. The number of methoxy groups -OCH3 is 1. The number of carbonyl (C=O) groups excluding carboxylic acids is 1. The van der Waals surface area contributed by atoms with Crippen molar-refractivity contribution in [3.8, 4) is 0 Å². The third kappa shape index (κ3) is 4.39. The Kier molecular flexibility index (Phi) is 6.54. The summed E-state index contributed by atoms with van der Waals surface area (Å²) in [4.78, 5) is 42.8. The average molecular weight is 494 g/mol. The lowest BCUT2D eigenvalue weighted by Gasteiger charge is -2.28. The summed E-state index contributed by atoms with van der Waals surface area (Å²) >= 11 is 12.1. The highest BCUT2D eigenvalue weighted by Gasteiger charge is 2.29. The van der Waals surface area contributed by atoms with Gasteiger partial charge >= 0.3 is 11.7 Å². The van der Waals surface area contributed by atoms with Crippen LogP contribution in [-0.4, -0.2) is 37.8 Å². The van der Waals surface area contributed by atoms with Crippen LogP contribution in [0.5, 0.6) is 0 Å². The topological polar surface area (TPSA) is 100 Å². The second-order valence-corrected chi connectivity index (χ2v) is 9.19. The van der Waals surface area contributed by atoms with E-state index >= 15 is 0 Å². The first-order valence-electron chi connectivity index (χ1n) is 10.7. The standard InChI is InChI=1S/C22H25Cl2N5O4/c1-27-17-18(26-21(27)25-14-6-4-5-13(10-14)20(31)33-3)28(2)22(32)29(19(17)30)11-12-7-8-15(23)16(24)9-12/h7-9,13-14H,4-6,10-11H2,1-3H3,(H,25,26). The second kappa shape index (κ2) is 9.23. The second-order valence-electron chi connectivity index (χ2n) is 8.38. The van der Waals surface area contributed by atoms with E-state index in [4.69, 9.17) is 27.9 Å². The van der Waals surface area contributed by atoms with Crippen LogP contribution in [0.3, 0.4) is 0 Å². The van der Waals surface area contributed by atoms with Crippen molar-refractivity contribution in [2.75, 3.05) is 12.4 Å². The van der Waals surface area contributed by atoms with Gasteiger partial charge in [0.05, 0.1) is 29.6 Å². The molecule has 1 aliphatic rings. The number of fused-ring (bicyclic) bond motifs is 1. The number of imidazole rings is 1. The lowest BCUT2D eigenvalue weighted by atomic mass is 9.86. The van der Waals surface area contributed by atoms with E-state index in [-0.39, 0.29) is 24.5 Å². The van der Waals surface area contributed by atoms with Crippen LogP contribution in [0.2, 0.25) is 10.0 Å². The van der Waals surface area contributed by atoms with Gasteiger partial charge in [0.15, 0.2) is 11.2 Å². The molecule has 0 saturated heterocycles. The molecule has 4 rings (SSSR count). The number of hydrogen-bond acceptors (Lipinski definition) is 6. The molecule has 1 fully saturated rings. The van der Waals surface area contributed by atoms with Gasteiger partial charge in [-0.1, -0.05) is 35.7 Å². The maximum absolute atomic E-state index is 13.3. The van der Waals surface area contributed by atoms with Crippen molar-refractivity contribution in [3.05, 3.63) is 54.6 Å². The number of hydrogen-bond donors (Lipinski definition) is 1. The van der Waals surface area contributed by atoms with Gasteiger partial charge in [-0.2, -0.15) is 4.98 Å². The Labute approximate surface area is 199 Å². The van der Waals surface area contributed by atoms with Crippen molar-refractivity contribution in [3.63, 3.8) is 0 Å². The van der Waals surface area contributed by atoms with Crippen LogP contribution in [0.1, 0.15) is 31.2 Å². The number of anilines is 1. The molecule has 1 saturated carbocycles. The van der Waals surface area contributed by atoms with Crippen molar-refractivity contribution in [2.24, 2.45) is 20.0 Å². The molecule has 1 aliphatic carbocycles. The van der Waals surface area contributed by atoms with E-state index < -0.39 is 11.2 Å². The molecule has 2 heterocycles. The molecule has 176 valence electrons. The van der Waals surface area contributed by atoms with Gasteiger partial charge in [-0.25, -0.2) is 4.79 Å². The van der Waals surface area contributed by atoms with Crippen molar-refractivity contribution < 1.29 is 9.53 Å². The third-order valence-corrected chi connectivity index (χ3v) is 6.97.